The molecule has 1 saturated heterocycles. The molecule has 0 radical (unpaired) electrons. The van der Waals surface area contributed by atoms with Crippen molar-refractivity contribution in [2.45, 2.75) is 31.8 Å². The van der Waals surface area contributed by atoms with Crippen molar-refractivity contribution in [3.05, 3.63) is 35.9 Å². The van der Waals surface area contributed by atoms with Gasteiger partial charge in [0.15, 0.2) is 6.29 Å². The predicted molar refractivity (Wildman–Crippen MR) is 56.2 cm³/mol. The molecule has 2 atom stereocenters. The first-order valence-electron chi connectivity index (χ1n) is 5.31. The van der Waals surface area contributed by atoms with E-state index in [-0.39, 0.29) is 6.10 Å². The van der Waals surface area contributed by atoms with E-state index in [9.17, 15) is 5.11 Å². The number of benzene rings is 1. The Kier molecular flexibility index (Phi) is 3.72. The van der Waals surface area contributed by atoms with Crippen LogP contribution in [0.4, 0.5) is 0 Å². The molecule has 1 aliphatic rings. The van der Waals surface area contributed by atoms with Gasteiger partial charge in [0, 0.05) is 6.61 Å². The summed E-state index contributed by atoms with van der Waals surface area (Å²) < 4.78 is 10.7. The van der Waals surface area contributed by atoms with E-state index in [1.54, 1.807) is 0 Å². The Hall–Kier alpha value is -0.900. The number of ether oxygens (including phenoxy) is 2. The highest BCUT2D eigenvalue weighted by Crippen LogP contribution is 2.16. The first-order chi connectivity index (χ1) is 7.36. The van der Waals surface area contributed by atoms with E-state index in [4.69, 9.17) is 9.47 Å². The lowest BCUT2D eigenvalue weighted by molar-refractivity contribution is -0.205. The molecule has 1 aromatic rings. The van der Waals surface area contributed by atoms with Crippen molar-refractivity contribution in [2.75, 3.05) is 6.61 Å². The Morgan fingerprint density at radius 1 is 1.33 bits per heavy atom. The van der Waals surface area contributed by atoms with Crippen LogP contribution in [0.1, 0.15) is 18.4 Å². The summed E-state index contributed by atoms with van der Waals surface area (Å²) in [6.45, 7) is 1.16. The van der Waals surface area contributed by atoms with Gasteiger partial charge < -0.3 is 14.6 Å². The van der Waals surface area contributed by atoms with Gasteiger partial charge in [-0.15, -0.1) is 0 Å². The second-order valence-electron chi connectivity index (χ2n) is 3.74. The maximum atomic E-state index is 9.50. The van der Waals surface area contributed by atoms with Crippen LogP contribution in [-0.2, 0) is 16.1 Å². The summed E-state index contributed by atoms with van der Waals surface area (Å²) in [4.78, 5) is 0. The Labute approximate surface area is 89.6 Å². The summed E-state index contributed by atoms with van der Waals surface area (Å²) >= 11 is 0. The molecule has 2 unspecified atom stereocenters. The molecule has 1 N–H and O–H groups in total. The molecule has 1 heterocycles. The second kappa shape index (κ2) is 5.26. The second-order valence-corrected chi connectivity index (χ2v) is 3.74. The minimum Gasteiger partial charge on any atom is -0.368 e. The lowest BCUT2D eigenvalue weighted by atomic mass is 10.1. The Morgan fingerprint density at radius 2 is 2.13 bits per heavy atom. The Balaban J connectivity index is 1.82. The molecular weight excluding hydrogens is 192 g/mol. The summed E-state index contributed by atoms with van der Waals surface area (Å²) in [5.74, 6) is 0. The summed E-state index contributed by atoms with van der Waals surface area (Å²) in [6, 6.07) is 9.95. The molecule has 1 aliphatic heterocycles. The van der Waals surface area contributed by atoms with Crippen LogP contribution in [0.5, 0.6) is 0 Å². The number of aliphatic hydroxyl groups excluding tert-OH is 1. The maximum Gasteiger partial charge on any atom is 0.181 e. The summed E-state index contributed by atoms with van der Waals surface area (Å²) in [6.07, 6.45) is 0.881. The quantitative estimate of drug-likeness (QED) is 0.821. The molecule has 0 bridgehead atoms. The SMILES string of the molecule is OC1OCCCC1OCc1ccccc1. The number of rotatable bonds is 3. The summed E-state index contributed by atoms with van der Waals surface area (Å²) in [5, 5.41) is 9.50. The van der Waals surface area contributed by atoms with E-state index >= 15 is 0 Å². The molecule has 3 heteroatoms. The smallest absolute Gasteiger partial charge is 0.181 e. The highest BCUT2D eigenvalue weighted by Gasteiger charge is 2.24. The normalized spacial score (nSPS) is 26.5. The highest BCUT2D eigenvalue weighted by atomic mass is 16.6. The van der Waals surface area contributed by atoms with E-state index in [1.165, 1.54) is 0 Å². The van der Waals surface area contributed by atoms with Gasteiger partial charge in [0.2, 0.25) is 0 Å². The van der Waals surface area contributed by atoms with Crippen molar-refractivity contribution >= 4 is 0 Å². The summed E-state index contributed by atoms with van der Waals surface area (Å²) in [7, 11) is 0. The fourth-order valence-electron chi connectivity index (χ4n) is 1.68. The largest absolute Gasteiger partial charge is 0.368 e. The molecule has 82 valence electrons. The van der Waals surface area contributed by atoms with Crippen LogP contribution in [0.15, 0.2) is 30.3 Å². The minimum atomic E-state index is -0.762. The van der Waals surface area contributed by atoms with E-state index in [1.807, 2.05) is 30.3 Å². The van der Waals surface area contributed by atoms with Gasteiger partial charge in [-0.25, -0.2) is 0 Å². The van der Waals surface area contributed by atoms with Gasteiger partial charge in [-0.1, -0.05) is 30.3 Å². The molecule has 0 amide bonds. The van der Waals surface area contributed by atoms with E-state index < -0.39 is 6.29 Å². The highest BCUT2D eigenvalue weighted by molar-refractivity contribution is 5.13. The zero-order valence-electron chi connectivity index (χ0n) is 8.63. The molecule has 3 nitrogen and oxygen atoms in total. The molecule has 0 aliphatic carbocycles. The van der Waals surface area contributed by atoms with Gasteiger partial charge in [-0.3, -0.25) is 0 Å². The van der Waals surface area contributed by atoms with Crippen LogP contribution in [-0.4, -0.2) is 24.1 Å². The first-order valence-corrected chi connectivity index (χ1v) is 5.31. The molecule has 1 fully saturated rings. The van der Waals surface area contributed by atoms with Crippen molar-refractivity contribution in [2.24, 2.45) is 0 Å². The van der Waals surface area contributed by atoms with E-state index in [0.717, 1.165) is 18.4 Å². The first kappa shape index (κ1) is 10.6. The van der Waals surface area contributed by atoms with Crippen molar-refractivity contribution in [1.29, 1.82) is 0 Å². The standard InChI is InChI=1S/C12H16O3/c13-12-11(7-4-8-14-12)15-9-10-5-2-1-3-6-10/h1-3,5-6,11-13H,4,7-9H2. The molecule has 0 saturated carbocycles. The number of hydrogen-bond donors (Lipinski definition) is 1. The van der Waals surface area contributed by atoms with Crippen LogP contribution in [0.25, 0.3) is 0 Å². The van der Waals surface area contributed by atoms with Crippen LogP contribution >= 0.6 is 0 Å². The lowest BCUT2D eigenvalue weighted by Crippen LogP contribution is -2.35. The number of hydrogen-bond acceptors (Lipinski definition) is 3. The summed E-state index contributed by atoms with van der Waals surface area (Å²) in [5.41, 5.74) is 1.12. The third-order valence-electron chi connectivity index (χ3n) is 2.55. The molecule has 0 aromatic heterocycles. The average molecular weight is 208 g/mol. The van der Waals surface area contributed by atoms with Gasteiger partial charge >= 0.3 is 0 Å². The fraction of sp³-hybridized carbons (Fsp3) is 0.500. The Morgan fingerprint density at radius 3 is 2.87 bits per heavy atom. The molecular formula is C12H16O3. The van der Waals surface area contributed by atoms with Gasteiger partial charge in [-0.05, 0) is 18.4 Å². The monoisotopic (exact) mass is 208 g/mol. The molecule has 1 aromatic carbocycles. The third kappa shape index (κ3) is 3.02. The van der Waals surface area contributed by atoms with Crippen molar-refractivity contribution in [1.82, 2.24) is 0 Å². The topological polar surface area (TPSA) is 38.7 Å². The zero-order valence-corrected chi connectivity index (χ0v) is 8.63. The molecule has 2 rings (SSSR count). The third-order valence-corrected chi connectivity index (χ3v) is 2.55. The zero-order chi connectivity index (χ0) is 10.5. The average Bonchev–Trinajstić information content (AvgIpc) is 2.29. The van der Waals surface area contributed by atoms with Crippen molar-refractivity contribution in [3.63, 3.8) is 0 Å². The van der Waals surface area contributed by atoms with Gasteiger partial charge in [-0.2, -0.15) is 0 Å². The van der Waals surface area contributed by atoms with Crippen molar-refractivity contribution < 1.29 is 14.6 Å². The van der Waals surface area contributed by atoms with E-state index in [2.05, 4.69) is 0 Å². The lowest BCUT2D eigenvalue weighted by Gasteiger charge is -2.27. The van der Waals surface area contributed by atoms with Crippen LogP contribution < -0.4 is 0 Å². The number of aliphatic hydroxyl groups is 1. The fourth-order valence-corrected chi connectivity index (χ4v) is 1.68. The molecule has 0 spiro atoms. The van der Waals surface area contributed by atoms with Crippen LogP contribution in [0, 0.1) is 0 Å². The maximum absolute atomic E-state index is 9.50. The van der Waals surface area contributed by atoms with Gasteiger partial charge in [0.25, 0.3) is 0 Å². The minimum absolute atomic E-state index is 0.182. The van der Waals surface area contributed by atoms with Gasteiger partial charge in [0.1, 0.15) is 6.10 Å². The Bertz CT molecular complexity index is 286. The predicted octanol–water partition coefficient (Wildman–Crippen LogP) is 1.70. The van der Waals surface area contributed by atoms with Crippen molar-refractivity contribution in [3.8, 4) is 0 Å². The van der Waals surface area contributed by atoms with E-state index in [0.29, 0.717) is 13.2 Å². The van der Waals surface area contributed by atoms with Crippen LogP contribution in [0.3, 0.4) is 0 Å². The van der Waals surface area contributed by atoms with Gasteiger partial charge in [0.05, 0.1) is 6.61 Å². The molecule has 15 heavy (non-hydrogen) atoms. The van der Waals surface area contributed by atoms with Crippen LogP contribution in [0.2, 0.25) is 0 Å².